The van der Waals surface area contributed by atoms with Crippen LogP contribution >= 0.6 is 15.9 Å². The molecule has 0 heterocycles. The zero-order valence-corrected chi connectivity index (χ0v) is 11.4. The molecule has 0 bridgehead atoms. The third-order valence-corrected chi connectivity index (χ3v) is 3.40. The van der Waals surface area contributed by atoms with Gasteiger partial charge in [0.05, 0.1) is 6.61 Å². The van der Waals surface area contributed by atoms with Gasteiger partial charge in [0.1, 0.15) is 11.6 Å². The van der Waals surface area contributed by atoms with Gasteiger partial charge in [0, 0.05) is 10.9 Å². The average Bonchev–Trinajstić information content (AvgIpc) is 2.31. The maximum Gasteiger partial charge on any atom is 0.123 e. The zero-order valence-electron chi connectivity index (χ0n) is 9.80. The van der Waals surface area contributed by atoms with Gasteiger partial charge in [-0.05, 0) is 24.1 Å². The highest BCUT2D eigenvalue weighted by Gasteiger charge is 2.08. The molecule has 0 spiro atoms. The van der Waals surface area contributed by atoms with Crippen molar-refractivity contribution in [2.75, 3.05) is 6.61 Å². The summed E-state index contributed by atoms with van der Waals surface area (Å²) in [6.45, 7) is 5.03. The average molecular weight is 289 g/mol. The molecule has 0 aliphatic rings. The van der Waals surface area contributed by atoms with Crippen LogP contribution < -0.4 is 4.74 Å². The molecule has 0 N–H and O–H groups in total. The first-order chi connectivity index (χ1) is 7.71. The van der Waals surface area contributed by atoms with Crippen LogP contribution in [0.5, 0.6) is 5.75 Å². The molecule has 1 aromatic carbocycles. The zero-order chi connectivity index (χ0) is 12.0. The van der Waals surface area contributed by atoms with E-state index in [1.165, 1.54) is 12.1 Å². The van der Waals surface area contributed by atoms with Gasteiger partial charge in [0.25, 0.3) is 0 Å². The molecule has 0 atom stereocenters. The van der Waals surface area contributed by atoms with Crippen LogP contribution in [0.2, 0.25) is 0 Å². The van der Waals surface area contributed by atoms with Crippen molar-refractivity contribution in [1.82, 2.24) is 0 Å². The molecule has 0 unspecified atom stereocenters. The third kappa shape index (κ3) is 3.78. The first-order valence-corrected chi connectivity index (χ1v) is 6.80. The number of rotatable bonds is 6. The van der Waals surface area contributed by atoms with E-state index in [2.05, 4.69) is 29.8 Å². The molecule has 1 rings (SSSR count). The lowest BCUT2D eigenvalue weighted by molar-refractivity contribution is 0.239. The minimum absolute atomic E-state index is 0.218. The Morgan fingerprint density at radius 3 is 2.56 bits per heavy atom. The van der Waals surface area contributed by atoms with Gasteiger partial charge in [-0.25, -0.2) is 4.39 Å². The second-order valence-corrected chi connectivity index (χ2v) is 4.44. The van der Waals surface area contributed by atoms with Gasteiger partial charge in [0.2, 0.25) is 0 Å². The van der Waals surface area contributed by atoms with Crippen molar-refractivity contribution in [3.8, 4) is 5.75 Å². The molecule has 0 fully saturated rings. The van der Waals surface area contributed by atoms with Gasteiger partial charge in [-0.3, -0.25) is 0 Å². The highest BCUT2D eigenvalue weighted by atomic mass is 79.9. The number of ether oxygens (including phenoxy) is 1. The molecule has 0 amide bonds. The summed E-state index contributed by atoms with van der Waals surface area (Å²) in [5.41, 5.74) is 0.867. The van der Waals surface area contributed by atoms with Gasteiger partial charge < -0.3 is 4.74 Å². The molecule has 0 radical (unpaired) electrons. The van der Waals surface area contributed by atoms with Crippen molar-refractivity contribution in [1.29, 1.82) is 0 Å². The van der Waals surface area contributed by atoms with E-state index in [1.54, 1.807) is 6.07 Å². The van der Waals surface area contributed by atoms with Crippen LogP contribution in [-0.4, -0.2) is 6.61 Å². The number of hydrogen-bond acceptors (Lipinski definition) is 1. The molecule has 0 aliphatic heterocycles. The smallest absolute Gasteiger partial charge is 0.123 e. The Labute approximate surface area is 105 Å². The van der Waals surface area contributed by atoms with Crippen molar-refractivity contribution in [2.45, 2.75) is 32.0 Å². The molecule has 1 nitrogen and oxygen atoms in total. The molecule has 0 aromatic heterocycles. The van der Waals surface area contributed by atoms with Gasteiger partial charge in [-0.2, -0.15) is 0 Å². The monoisotopic (exact) mass is 288 g/mol. The number of benzene rings is 1. The van der Waals surface area contributed by atoms with Gasteiger partial charge in [0.15, 0.2) is 0 Å². The molecular formula is C13H18BrFO. The summed E-state index contributed by atoms with van der Waals surface area (Å²) in [5.74, 6) is 1.14. The van der Waals surface area contributed by atoms with Crippen LogP contribution in [0.4, 0.5) is 4.39 Å². The normalized spacial score (nSPS) is 10.8. The molecule has 0 saturated carbocycles. The minimum atomic E-state index is -0.218. The first-order valence-electron chi connectivity index (χ1n) is 5.68. The Morgan fingerprint density at radius 2 is 2.00 bits per heavy atom. The standard InChI is InChI=1S/C13H18BrFO/c1-3-10(4-2)9-16-13-6-5-12(15)7-11(13)8-14/h5-7,10H,3-4,8-9H2,1-2H3. The molecule has 90 valence electrons. The van der Waals surface area contributed by atoms with E-state index in [4.69, 9.17) is 4.74 Å². The minimum Gasteiger partial charge on any atom is -0.493 e. The van der Waals surface area contributed by atoms with E-state index in [0.29, 0.717) is 17.9 Å². The predicted octanol–water partition coefficient (Wildman–Crippen LogP) is 4.54. The number of hydrogen-bond donors (Lipinski definition) is 0. The van der Waals surface area contributed by atoms with Gasteiger partial charge in [-0.1, -0.05) is 42.6 Å². The maximum atomic E-state index is 13.0. The summed E-state index contributed by atoms with van der Waals surface area (Å²) >= 11 is 3.34. The van der Waals surface area contributed by atoms with E-state index < -0.39 is 0 Å². The molecular weight excluding hydrogens is 271 g/mol. The SMILES string of the molecule is CCC(CC)COc1ccc(F)cc1CBr. The Balaban J connectivity index is 2.65. The van der Waals surface area contributed by atoms with Crippen LogP contribution in [0.3, 0.4) is 0 Å². The third-order valence-electron chi connectivity index (χ3n) is 2.80. The number of alkyl halides is 1. The fourth-order valence-corrected chi connectivity index (χ4v) is 1.96. The Morgan fingerprint density at radius 1 is 1.31 bits per heavy atom. The van der Waals surface area contributed by atoms with Crippen LogP contribution in [0.1, 0.15) is 32.3 Å². The first kappa shape index (κ1) is 13.5. The summed E-state index contributed by atoms with van der Waals surface area (Å²) < 4.78 is 18.7. The number of halogens is 2. The van der Waals surface area contributed by atoms with Gasteiger partial charge in [-0.15, -0.1) is 0 Å². The highest BCUT2D eigenvalue weighted by molar-refractivity contribution is 9.08. The second-order valence-electron chi connectivity index (χ2n) is 3.88. The van der Waals surface area contributed by atoms with Crippen molar-refractivity contribution in [3.05, 3.63) is 29.6 Å². The largest absolute Gasteiger partial charge is 0.493 e. The summed E-state index contributed by atoms with van der Waals surface area (Å²) in [4.78, 5) is 0. The lowest BCUT2D eigenvalue weighted by atomic mass is 10.1. The van der Waals surface area contributed by atoms with E-state index in [9.17, 15) is 4.39 Å². The van der Waals surface area contributed by atoms with Crippen LogP contribution in [0.15, 0.2) is 18.2 Å². The summed E-state index contributed by atoms with van der Waals surface area (Å²) in [7, 11) is 0. The summed E-state index contributed by atoms with van der Waals surface area (Å²) in [6, 6.07) is 4.65. The van der Waals surface area contributed by atoms with E-state index in [-0.39, 0.29) is 5.82 Å². The predicted molar refractivity (Wildman–Crippen MR) is 68.6 cm³/mol. The maximum absolute atomic E-state index is 13.0. The summed E-state index contributed by atoms with van der Waals surface area (Å²) in [5, 5.41) is 0.614. The lowest BCUT2D eigenvalue weighted by Crippen LogP contribution is -2.10. The Kier molecular flexibility index (Phi) is 5.81. The van der Waals surface area contributed by atoms with E-state index >= 15 is 0 Å². The topological polar surface area (TPSA) is 9.23 Å². The molecule has 3 heteroatoms. The van der Waals surface area contributed by atoms with Crippen LogP contribution in [0.25, 0.3) is 0 Å². The van der Waals surface area contributed by atoms with Crippen molar-refractivity contribution < 1.29 is 9.13 Å². The molecule has 0 saturated heterocycles. The molecule has 0 aliphatic carbocycles. The summed E-state index contributed by atoms with van der Waals surface area (Å²) in [6.07, 6.45) is 2.22. The quantitative estimate of drug-likeness (QED) is 0.699. The molecule has 16 heavy (non-hydrogen) atoms. The Bertz CT molecular complexity index is 324. The second kappa shape index (κ2) is 6.89. The fourth-order valence-electron chi connectivity index (χ4n) is 1.53. The highest BCUT2D eigenvalue weighted by Crippen LogP contribution is 2.23. The van der Waals surface area contributed by atoms with Crippen LogP contribution in [0, 0.1) is 11.7 Å². The van der Waals surface area contributed by atoms with Crippen molar-refractivity contribution in [3.63, 3.8) is 0 Å². The molecule has 1 aromatic rings. The van der Waals surface area contributed by atoms with E-state index in [0.717, 1.165) is 24.2 Å². The lowest BCUT2D eigenvalue weighted by Gasteiger charge is -2.15. The van der Waals surface area contributed by atoms with Crippen molar-refractivity contribution >= 4 is 15.9 Å². The van der Waals surface area contributed by atoms with Crippen LogP contribution in [-0.2, 0) is 5.33 Å². The van der Waals surface area contributed by atoms with Gasteiger partial charge >= 0.3 is 0 Å². The Hall–Kier alpha value is -0.570. The van der Waals surface area contributed by atoms with E-state index in [1.807, 2.05) is 0 Å². The van der Waals surface area contributed by atoms with Crippen molar-refractivity contribution in [2.24, 2.45) is 5.92 Å². The fraction of sp³-hybridized carbons (Fsp3) is 0.538.